The van der Waals surface area contributed by atoms with Gasteiger partial charge in [-0.2, -0.15) is 9.78 Å². The molecule has 140 valence electrons. The van der Waals surface area contributed by atoms with Crippen LogP contribution in [0.25, 0.3) is 5.69 Å². The summed E-state index contributed by atoms with van der Waals surface area (Å²) in [6.45, 7) is 2.69. The zero-order valence-electron chi connectivity index (χ0n) is 14.4. The first-order chi connectivity index (χ1) is 13.0. The van der Waals surface area contributed by atoms with Gasteiger partial charge in [-0.25, -0.2) is 8.78 Å². The zero-order chi connectivity index (χ0) is 19.4. The Morgan fingerprint density at radius 2 is 2.04 bits per heavy atom. The van der Waals surface area contributed by atoms with E-state index in [0.29, 0.717) is 24.9 Å². The van der Waals surface area contributed by atoms with Crippen LogP contribution in [0.4, 0.5) is 14.5 Å². The zero-order valence-corrected chi connectivity index (χ0v) is 15.1. The molecule has 3 rings (SSSR count). The molecule has 1 aromatic heterocycles. The lowest BCUT2D eigenvalue weighted by Gasteiger charge is -2.12. The van der Waals surface area contributed by atoms with E-state index >= 15 is 0 Å². The van der Waals surface area contributed by atoms with Gasteiger partial charge in [-0.1, -0.05) is 23.7 Å². The van der Waals surface area contributed by atoms with Crippen LogP contribution in [-0.4, -0.2) is 22.9 Å². The van der Waals surface area contributed by atoms with Gasteiger partial charge < -0.3 is 10.1 Å². The summed E-state index contributed by atoms with van der Waals surface area (Å²) in [6, 6.07) is 10.5. The predicted octanol–water partition coefficient (Wildman–Crippen LogP) is 3.96. The third kappa shape index (κ3) is 4.43. The summed E-state index contributed by atoms with van der Waals surface area (Å²) >= 11 is 6.08. The third-order valence-corrected chi connectivity index (χ3v) is 4.10. The van der Waals surface area contributed by atoms with E-state index in [9.17, 15) is 13.6 Å². The first kappa shape index (κ1) is 18.8. The second-order valence-electron chi connectivity index (χ2n) is 5.78. The van der Waals surface area contributed by atoms with Crippen molar-refractivity contribution in [1.29, 1.82) is 0 Å². The number of ether oxygens (including phenoxy) is 1. The fourth-order valence-corrected chi connectivity index (χ4v) is 2.64. The lowest BCUT2D eigenvalue weighted by Crippen LogP contribution is -2.24. The van der Waals surface area contributed by atoms with E-state index in [1.807, 2.05) is 31.2 Å². The van der Waals surface area contributed by atoms with Crippen molar-refractivity contribution in [3.05, 3.63) is 81.2 Å². The van der Waals surface area contributed by atoms with Crippen LogP contribution < -0.4 is 15.6 Å². The molecule has 1 N–H and O–H groups in total. The van der Waals surface area contributed by atoms with Crippen LogP contribution in [0.1, 0.15) is 5.56 Å². The summed E-state index contributed by atoms with van der Waals surface area (Å²) < 4.78 is 33.3. The van der Waals surface area contributed by atoms with Crippen molar-refractivity contribution >= 4 is 17.3 Å². The number of rotatable bonds is 6. The average Bonchev–Trinajstić information content (AvgIpc) is 2.63. The topological polar surface area (TPSA) is 56.1 Å². The average molecular weight is 392 g/mol. The molecular weight excluding hydrogens is 376 g/mol. The summed E-state index contributed by atoms with van der Waals surface area (Å²) in [5.41, 5.74) is 0.488. The molecule has 2 aromatic carbocycles. The number of nitrogens with zero attached hydrogens (tertiary/aromatic N) is 2. The van der Waals surface area contributed by atoms with Gasteiger partial charge in [0.25, 0.3) is 5.56 Å². The minimum atomic E-state index is -0.909. The summed E-state index contributed by atoms with van der Waals surface area (Å²) in [7, 11) is 0. The van der Waals surface area contributed by atoms with Crippen LogP contribution in [0.15, 0.2) is 53.5 Å². The van der Waals surface area contributed by atoms with E-state index in [0.717, 1.165) is 28.1 Å². The first-order valence-electron chi connectivity index (χ1n) is 8.12. The summed E-state index contributed by atoms with van der Waals surface area (Å²) in [6.07, 6.45) is 1.30. The Kier molecular flexibility index (Phi) is 5.71. The Hall–Kier alpha value is -2.93. The lowest BCUT2D eigenvalue weighted by molar-refractivity contribution is 0.332. The summed E-state index contributed by atoms with van der Waals surface area (Å²) in [5, 5.41) is 6.71. The number of aromatic nitrogens is 2. The fourth-order valence-electron chi connectivity index (χ4n) is 2.44. The van der Waals surface area contributed by atoms with E-state index in [-0.39, 0.29) is 10.7 Å². The van der Waals surface area contributed by atoms with Crippen molar-refractivity contribution < 1.29 is 13.5 Å². The van der Waals surface area contributed by atoms with Crippen LogP contribution in [0.3, 0.4) is 0 Å². The van der Waals surface area contributed by atoms with Gasteiger partial charge in [0.05, 0.1) is 11.9 Å². The third-order valence-electron chi connectivity index (χ3n) is 3.73. The van der Waals surface area contributed by atoms with Crippen molar-refractivity contribution in [2.24, 2.45) is 0 Å². The van der Waals surface area contributed by atoms with Crippen LogP contribution >= 0.6 is 11.6 Å². The number of halogens is 3. The van der Waals surface area contributed by atoms with Gasteiger partial charge in [0.15, 0.2) is 5.82 Å². The molecule has 0 radical (unpaired) electrons. The first-order valence-corrected chi connectivity index (χ1v) is 8.50. The molecule has 0 aliphatic rings. The van der Waals surface area contributed by atoms with Crippen LogP contribution in [0.5, 0.6) is 5.75 Å². The maximum atomic E-state index is 13.9. The fraction of sp³-hybridized carbons (Fsp3) is 0.158. The van der Waals surface area contributed by atoms with Gasteiger partial charge in [0, 0.05) is 12.6 Å². The van der Waals surface area contributed by atoms with Crippen molar-refractivity contribution in [3.63, 3.8) is 0 Å². The Labute approximate surface area is 159 Å². The van der Waals surface area contributed by atoms with Gasteiger partial charge in [-0.05, 0) is 36.8 Å². The van der Waals surface area contributed by atoms with E-state index in [1.54, 1.807) is 0 Å². The molecule has 1 heterocycles. The van der Waals surface area contributed by atoms with Crippen LogP contribution in [0.2, 0.25) is 5.02 Å². The van der Waals surface area contributed by atoms with Crippen molar-refractivity contribution in [3.8, 4) is 11.4 Å². The number of benzene rings is 2. The van der Waals surface area contributed by atoms with Crippen molar-refractivity contribution in [2.45, 2.75) is 6.92 Å². The van der Waals surface area contributed by atoms with Gasteiger partial charge in [-0.15, -0.1) is 0 Å². The highest BCUT2D eigenvalue weighted by Gasteiger charge is 2.14. The molecule has 0 aliphatic heterocycles. The number of hydrogen-bond donors (Lipinski definition) is 1. The standard InChI is InChI=1S/C19H16ClF2N3O2/c1-12-3-2-4-14(9-12)27-8-7-23-16-11-24-25(19(26)18(16)20)17-6-5-13(21)10-15(17)22/h2-6,9-11,23H,7-8H2,1H3. The highest BCUT2D eigenvalue weighted by molar-refractivity contribution is 6.32. The number of nitrogens with one attached hydrogen (secondary N) is 1. The SMILES string of the molecule is Cc1cccc(OCCNc2cnn(-c3ccc(F)cc3F)c(=O)c2Cl)c1. The molecule has 0 bridgehead atoms. The van der Waals surface area contributed by atoms with Crippen LogP contribution in [0, 0.1) is 18.6 Å². The van der Waals surface area contributed by atoms with Gasteiger partial charge in [0.2, 0.25) is 0 Å². The lowest BCUT2D eigenvalue weighted by atomic mass is 10.2. The summed E-state index contributed by atoms with van der Waals surface area (Å²) in [4.78, 5) is 12.4. The monoisotopic (exact) mass is 391 g/mol. The van der Waals surface area contributed by atoms with Gasteiger partial charge in [-0.3, -0.25) is 4.79 Å². The number of anilines is 1. The predicted molar refractivity (Wildman–Crippen MR) is 99.9 cm³/mol. The van der Waals surface area contributed by atoms with E-state index in [4.69, 9.17) is 16.3 Å². The Morgan fingerprint density at radius 3 is 2.78 bits per heavy atom. The molecule has 0 fully saturated rings. The van der Waals surface area contributed by atoms with E-state index < -0.39 is 17.2 Å². The Bertz CT molecular complexity index is 1020. The molecule has 0 amide bonds. The minimum Gasteiger partial charge on any atom is -0.492 e. The smallest absolute Gasteiger partial charge is 0.292 e. The second kappa shape index (κ2) is 8.18. The number of aryl methyl sites for hydroxylation is 1. The molecular formula is C19H16ClF2N3O2. The summed E-state index contributed by atoms with van der Waals surface area (Å²) in [5.74, 6) is -0.918. The minimum absolute atomic E-state index is 0.149. The largest absolute Gasteiger partial charge is 0.492 e. The molecule has 5 nitrogen and oxygen atoms in total. The maximum absolute atomic E-state index is 13.9. The molecule has 0 aliphatic carbocycles. The highest BCUT2D eigenvalue weighted by atomic mass is 35.5. The molecule has 0 saturated carbocycles. The molecule has 3 aromatic rings. The van der Waals surface area contributed by atoms with Crippen molar-refractivity contribution in [2.75, 3.05) is 18.5 Å². The molecule has 0 saturated heterocycles. The van der Waals surface area contributed by atoms with Gasteiger partial charge in [0.1, 0.15) is 28.9 Å². The quantitative estimate of drug-likeness (QED) is 0.646. The maximum Gasteiger partial charge on any atom is 0.292 e. The van der Waals surface area contributed by atoms with E-state index in [1.165, 1.54) is 6.20 Å². The molecule has 27 heavy (non-hydrogen) atoms. The number of hydrogen-bond acceptors (Lipinski definition) is 4. The Balaban J connectivity index is 1.69. The highest BCUT2D eigenvalue weighted by Crippen LogP contribution is 2.18. The van der Waals surface area contributed by atoms with Gasteiger partial charge >= 0.3 is 0 Å². The molecule has 0 unspecified atom stereocenters. The Morgan fingerprint density at radius 1 is 1.22 bits per heavy atom. The molecule has 8 heteroatoms. The molecule has 0 atom stereocenters. The molecule has 0 spiro atoms. The normalized spacial score (nSPS) is 10.7. The van der Waals surface area contributed by atoms with E-state index in [2.05, 4.69) is 10.4 Å². The van der Waals surface area contributed by atoms with Crippen molar-refractivity contribution in [1.82, 2.24) is 9.78 Å². The second-order valence-corrected chi connectivity index (χ2v) is 6.15. The van der Waals surface area contributed by atoms with Crippen LogP contribution in [-0.2, 0) is 0 Å².